The number of nitrogens with one attached hydrogen (secondary N) is 2. The van der Waals surface area contributed by atoms with Crippen LogP contribution < -0.4 is 41.4 Å². The van der Waals surface area contributed by atoms with Crippen molar-refractivity contribution in [1.82, 2.24) is 19.9 Å². The van der Waals surface area contributed by atoms with Gasteiger partial charge in [0.25, 0.3) is 11.8 Å². The van der Waals surface area contributed by atoms with Crippen molar-refractivity contribution < 1.29 is 28.7 Å². The minimum absolute atomic E-state index is 0.0149. The van der Waals surface area contributed by atoms with E-state index in [2.05, 4.69) is 35.4 Å². The van der Waals surface area contributed by atoms with Crippen LogP contribution in [0.15, 0.2) is 60.7 Å². The number of piperidine rings is 1. The standard InChI is InChI=1S/C21H24N6O3.C19H23N5O3/c1-13(14(2)28)24-19-12-18(20(22)29)25-21(26-19)27-10-8-17(9-11-27)30-16-6-4-15(23-3)5-7-16;1-11-4-6-14(7-5-11)27-15-9-24(10-15)19-22-16(18(20)26)8-17(23-19)21-12(2)13(3)25/h4-7,12-13,17H,8-11H2,1-2H3,(H2,22,29)(H,24,25,26);4-8,12,15H,9-10H2,1-3H3,(H2,20,26)(H,21,22,23)/t13-;12-/m00/s1. The smallest absolute Gasteiger partial charge is 0.267 e. The lowest BCUT2D eigenvalue weighted by molar-refractivity contribution is -0.118. The molecule has 6 rings (SSSR count). The Kier molecular flexibility index (Phi) is 13.5. The van der Waals surface area contributed by atoms with Gasteiger partial charge in [-0.2, -0.15) is 9.97 Å². The Morgan fingerprint density at radius 2 is 1.16 bits per heavy atom. The van der Waals surface area contributed by atoms with Gasteiger partial charge in [-0.15, -0.1) is 0 Å². The molecule has 2 atom stereocenters. The SMILES string of the molecule is CC(=O)[C@H](C)Nc1cc(C(N)=O)nc(N2CC(Oc3ccc(C)cc3)C2)n1.[C-]#[N+]c1ccc(OC2CCN(c3nc(N[C@@H](C)C(C)=O)cc(C(N)=O)n3)CC2)cc1. The number of Topliss-reactive ketones (excluding diaryl/α,β-unsaturated/α-hetero) is 2. The molecular formula is C40H47N11O6. The predicted molar refractivity (Wildman–Crippen MR) is 215 cm³/mol. The lowest BCUT2D eigenvalue weighted by Gasteiger charge is -2.39. The molecule has 17 nitrogen and oxygen atoms in total. The molecular weight excluding hydrogens is 731 g/mol. The number of primary amides is 2. The minimum atomic E-state index is -0.654. The number of ether oxygens (including phenoxy) is 2. The molecule has 0 bridgehead atoms. The normalized spacial score (nSPS) is 15.1. The highest BCUT2D eigenvalue weighted by Gasteiger charge is 2.31. The molecule has 6 N–H and O–H groups in total. The van der Waals surface area contributed by atoms with Crippen molar-refractivity contribution >= 4 is 52.6 Å². The summed E-state index contributed by atoms with van der Waals surface area (Å²) in [6, 6.07) is 17.0. The predicted octanol–water partition coefficient (Wildman–Crippen LogP) is 4.10. The molecule has 0 spiro atoms. The number of carbonyl (C=O) groups is 4. The van der Waals surface area contributed by atoms with E-state index in [0.29, 0.717) is 55.4 Å². The Balaban J connectivity index is 0.000000219. The van der Waals surface area contributed by atoms with E-state index in [1.54, 1.807) is 38.1 Å². The van der Waals surface area contributed by atoms with Gasteiger partial charge in [0.05, 0.1) is 31.7 Å². The van der Waals surface area contributed by atoms with Gasteiger partial charge >= 0.3 is 0 Å². The number of anilines is 4. The molecule has 0 radical (unpaired) electrons. The number of hydrogen-bond donors (Lipinski definition) is 4. The molecule has 298 valence electrons. The molecule has 17 heteroatoms. The highest BCUT2D eigenvalue weighted by atomic mass is 16.5. The van der Waals surface area contributed by atoms with Crippen LogP contribution in [0.2, 0.25) is 0 Å². The average Bonchev–Trinajstić information content (AvgIpc) is 3.17. The highest BCUT2D eigenvalue weighted by Crippen LogP contribution is 2.26. The lowest BCUT2D eigenvalue weighted by atomic mass is 10.1. The maximum atomic E-state index is 11.7. The molecule has 0 saturated carbocycles. The molecule has 2 amide bonds. The van der Waals surface area contributed by atoms with Gasteiger partial charge in [-0.1, -0.05) is 29.8 Å². The number of nitrogens with two attached hydrogens (primary N) is 2. The Morgan fingerprint density at radius 1 is 0.719 bits per heavy atom. The number of rotatable bonds is 14. The van der Waals surface area contributed by atoms with E-state index in [4.69, 9.17) is 27.5 Å². The molecule has 2 aromatic carbocycles. The quantitative estimate of drug-likeness (QED) is 0.132. The third kappa shape index (κ3) is 11.6. The van der Waals surface area contributed by atoms with Crippen LogP contribution in [0.25, 0.3) is 4.85 Å². The van der Waals surface area contributed by atoms with Gasteiger partial charge < -0.3 is 41.4 Å². The topological polar surface area (TPSA) is 225 Å². The summed E-state index contributed by atoms with van der Waals surface area (Å²) in [6.45, 7) is 17.9. The van der Waals surface area contributed by atoms with Crippen LogP contribution in [0, 0.1) is 13.5 Å². The first kappa shape index (κ1) is 41.3. The molecule has 0 aliphatic carbocycles. The van der Waals surface area contributed by atoms with Crippen LogP contribution in [0.5, 0.6) is 11.5 Å². The van der Waals surface area contributed by atoms with E-state index in [1.807, 2.05) is 41.0 Å². The van der Waals surface area contributed by atoms with E-state index in [9.17, 15) is 19.2 Å². The summed E-state index contributed by atoms with van der Waals surface area (Å²) in [5, 5.41) is 5.96. The van der Waals surface area contributed by atoms with Crippen LogP contribution in [-0.4, -0.2) is 93.8 Å². The molecule has 4 heterocycles. The van der Waals surface area contributed by atoms with Crippen molar-refractivity contribution in [3.63, 3.8) is 0 Å². The Hall–Kier alpha value is -6.83. The molecule has 2 aromatic heterocycles. The van der Waals surface area contributed by atoms with Crippen molar-refractivity contribution in [1.29, 1.82) is 0 Å². The number of amides is 2. The zero-order valence-electron chi connectivity index (χ0n) is 32.6. The third-order valence-electron chi connectivity index (χ3n) is 9.33. The van der Waals surface area contributed by atoms with Gasteiger partial charge in [-0.05, 0) is 58.9 Å². The first-order valence-electron chi connectivity index (χ1n) is 18.5. The van der Waals surface area contributed by atoms with Crippen molar-refractivity contribution in [3.8, 4) is 11.5 Å². The van der Waals surface area contributed by atoms with Gasteiger partial charge in [0.1, 0.15) is 46.7 Å². The van der Waals surface area contributed by atoms with Crippen molar-refractivity contribution in [2.24, 2.45) is 11.5 Å². The zero-order valence-corrected chi connectivity index (χ0v) is 32.6. The van der Waals surface area contributed by atoms with Crippen molar-refractivity contribution in [3.05, 3.63) is 89.0 Å². The Labute approximate surface area is 331 Å². The second-order valence-electron chi connectivity index (χ2n) is 13.9. The maximum Gasteiger partial charge on any atom is 0.267 e. The fourth-order valence-corrected chi connectivity index (χ4v) is 5.65. The van der Waals surface area contributed by atoms with Gasteiger partial charge in [0, 0.05) is 38.1 Å². The van der Waals surface area contributed by atoms with E-state index in [-0.39, 0.29) is 35.2 Å². The monoisotopic (exact) mass is 777 g/mol. The zero-order chi connectivity index (χ0) is 41.2. The summed E-state index contributed by atoms with van der Waals surface area (Å²) in [5.74, 6) is 1.71. The van der Waals surface area contributed by atoms with Crippen LogP contribution in [0.3, 0.4) is 0 Å². The lowest BCUT2D eigenvalue weighted by Crippen LogP contribution is -2.54. The summed E-state index contributed by atoms with van der Waals surface area (Å²) < 4.78 is 11.9. The number of carbonyl (C=O) groups excluding carboxylic acids is 4. The van der Waals surface area contributed by atoms with E-state index in [1.165, 1.54) is 31.5 Å². The fourth-order valence-electron chi connectivity index (χ4n) is 5.65. The molecule has 4 aromatic rings. The highest BCUT2D eigenvalue weighted by molar-refractivity contribution is 5.93. The van der Waals surface area contributed by atoms with Crippen molar-refractivity contribution in [2.75, 3.05) is 46.6 Å². The molecule has 2 saturated heterocycles. The number of hydrogen-bond acceptors (Lipinski definition) is 14. The number of benzene rings is 2. The average molecular weight is 778 g/mol. The number of nitrogens with zero attached hydrogens (tertiary/aromatic N) is 7. The van der Waals surface area contributed by atoms with E-state index >= 15 is 0 Å². The molecule has 2 fully saturated rings. The first-order chi connectivity index (χ1) is 27.2. The van der Waals surface area contributed by atoms with Gasteiger partial charge in [0.15, 0.2) is 17.3 Å². The van der Waals surface area contributed by atoms with Crippen LogP contribution in [0.1, 0.15) is 67.1 Å². The molecule has 57 heavy (non-hydrogen) atoms. The summed E-state index contributed by atoms with van der Waals surface area (Å²) >= 11 is 0. The fraction of sp³-hybridized carbons (Fsp3) is 0.375. The number of ketones is 2. The second kappa shape index (κ2) is 18.7. The van der Waals surface area contributed by atoms with E-state index < -0.39 is 23.9 Å². The maximum absolute atomic E-state index is 11.7. The van der Waals surface area contributed by atoms with Gasteiger partial charge in [-0.25, -0.2) is 14.8 Å². The Bertz CT molecular complexity index is 2110. The first-order valence-corrected chi connectivity index (χ1v) is 18.5. The summed E-state index contributed by atoms with van der Waals surface area (Å²) in [4.78, 5) is 70.9. The van der Waals surface area contributed by atoms with Crippen molar-refractivity contribution in [2.45, 2.75) is 71.8 Å². The molecule has 2 aliphatic rings. The minimum Gasteiger partial charge on any atom is -0.490 e. The number of aromatic nitrogens is 4. The van der Waals surface area contributed by atoms with E-state index in [0.717, 1.165) is 24.3 Å². The van der Waals surface area contributed by atoms with Gasteiger partial charge in [-0.3, -0.25) is 19.2 Å². The van der Waals surface area contributed by atoms with Gasteiger partial charge in [0.2, 0.25) is 11.9 Å². The molecule has 0 unspecified atom stereocenters. The summed E-state index contributed by atoms with van der Waals surface area (Å²) in [6.07, 6.45) is 1.55. The summed E-state index contributed by atoms with van der Waals surface area (Å²) in [7, 11) is 0. The third-order valence-corrected chi connectivity index (χ3v) is 9.33. The van der Waals surface area contributed by atoms with Crippen LogP contribution >= 0.6 is 0 Å². The molecule has 2 aliphatic heterocycles. The van der Waals surface area contributed by atoms with Crippen LogP contribution in [0.4, 0.5) is 29.2 Å². The second-order valence-corrected chi connectivity index (χ2v) is 13.9. The largest absolute Gasteiger partial charge is 0.490 e. The Morgan fingerprint density at radius 3 is 1.60 bits per heavy atom. The summed E-state index contributed by atoms with van der Waals surface area (Å²) in [5.41, 5.74) is 12.7. The number of aryl methyl sites for hydroxylation is 1. The van der Waals surface area contributed by atoms with Crippen LogP contribution in [-0.2, 0) is 9.59 Å².